The fourth-order valence-corrected chi connectivity index (χ4v) is 1.33. The van der Waals surface area contributed by atoms with Gasteiger partial charge in [0.15, 0.2) is 6.40 Å². The number of ether oxygens (including phenoxy) is 1. The van der Waals surface area contributed by atoms with Crippen LogP contribution in [0.2, 0.25) is 5.02 Å². The molecule has 0 atom stereocenters. The minimum atomic E-state index is -1.04. The highest BCUT2D eigenvalue weighted by Crippen LogP contribution is 2.23. The molecular formula is C12H14ClNO3. The van der Waals surface area contributed by atoms with Crippen LogP contribution >= 0.6 is 11.6 Å². The molecule has 17 heavy (non-hydrogen) atoms. The molecule has 0 heterocycles. The van der Waals surface area contributed by atoms with E-state index in [1.807, 2.05) is 0 Å². The number of nitrogens with zero attached hydrogens (tertiary/aromatic N) is 1. The van der Waals surface area contributed by atoms with E-state index < -0.39 is 5.97 Å². The fourth-order valence-electron chi connectivity index (χ4n) is 1.17. The molecule has 0 unspecified atom stereocenters. The van der Waals surface area contributed by atoms with E-state index in [0.29, 0.717) is 17.3 Å². The Balaban J connectivity index is 2.74. The summed E-state index contributed by atoms with van der Waals surface area (Å²) in [4.78, 5) is 14.9. The van der Waals surface area contributed by atoms with Crippen LogP contribution in [0.25, 0.3) is 0 Å². The summed E-state index contributed by atoms with van der Waals surface area (Å²) in [7, 11) is 0. The standard InChI is InChI=1S/C12H14ClNO3/c1-2-3-6-17-8-14-11-7-9(13)4-5-10(11)12(15)16/h4-5,7-8H,2-3,6H2,1H3,(H,15,16). The zero-order valence-corrected chi connectivity index (χ0v) is 10.3. The van der Waals surface area contributed by atoms with Crippen molar-refractivity contribution in [3.8, 4) is 0 Å². The van der Waals surface area contributed by atoms with Crippen molar-refractivity contribution in [3.63, 3.8) is 0 Å². The van der Waals surface area contributed by atoms with E-state index >= 15 is 0 Å². The number of carboxylic acids is 1. The monoisotopic (exact) mass is 255 g/mol. The van der Waals surface area contributed by atoms with Gasteiger partial charge in [0.05, 0.1) is 17.9 Å². The van der Waals surface area contributed by atoms with Gasteiger partial charge in [0, 0.05) is 5.02 Å². The van der Waals surface area contributed by atoms with Crippen molar-refractivity contribution in [2.75, 3.05) is 6.61 Å². The fraction of sp³-hybridized carbons (Fsp3) is 0.333. The second-order valence-corrected chi connectivity index (χ2v) is 3.86. The maximum Gasteiger partial charge on any atom is 0.337 e. The normalized spacial score (nSPS) is 10.7. The third-order valence-electron chi connectivity index (χ3n) is 2.07. The Bertz CT molecular complexity index is 418. The Morgan fingerprint density at radius 1 is 1.59 bits per heavy atom. The number of carboxylic acid groups (broad SMARTS) is 1. The molecule has 0 aliphatic rings. The number of rotatable bonds is 6. The summed E-state index contributed by atoms with van der Waals surface area (Å²) < 4.78 is 5.12. The second kappa shape index (κ2) is 6.91. The lowest BCUT2D eigenvalue weighted by atomic mass is 10.2. The first-order chi connectivity index (χ1) is 8.15. The molecule has 1 rings (SSSR count). The number of hydrogen-bond acceptors (Lipinski definition) is 3. The van der Waals surface area contributed by atoms with Crippen LogP contribution in [0.3, 0.4) is 0 Å². The summed E-state index contributed by atoms with van der Waals surface area (Å²) in [6, 6.07) is 4.43. The maximum absolute atomic E-state index is 10.9. The molecule has 1 aromatic rings. The van der Waals surface area contributed by atoms with Gasteiger partial charge in [-0.15, -0.1) is 0 Å². The van der Waals surface area contributed by atoms with Gasteiger partial charge < -0.3 is 9.84 Å². The summed E-state index contributed by atoms with van der Waals surface area (Å²) >= 11 is 5.78. The van der Waals surface area contributed by atoms with Crippen molar-refractivity contribution < 1.29 is 14.6 Å². The van der Waals surface area contributed by atoms with Crippen LogP contribution in [0, 0.1) is 0 Å². The van der Waals surface area contributed by atoms with Gasteiger partial charge in [0.1, 0.15) is 0 Å². The summed E-state index contributed by atoms with van der Waals surface area (Å²) in [6.07, 6.45) is 3.23. The second-order valence-electron chi connectivity index (χ2n) is 3.43. The molecule has 92 valence electrons. The third kappa shape index (κ3) is 4.44. The van der Waals surface area contributed by atoms with Crippen molar-refractivity contribution in [2.24, 2.45) is 4.99 Å². The average molecular weight is 256 g/mol. The van der Waals surface area contributed by atoms with Crippen molar-refractivity contribution >= 4 is 29.7 Å². The first-order valence-electron chi connectivity index (χ1n) is 5.32. The summed E-state index contributed by atoms with van der Waals surface area (Å²) in [6.45, 7) is 2.63. The minimum absolute atomic E-state index is 0.102. The van der Waals surface area contributed by atoms with E-state index in [1.165, 1.54) is 24.6 Å². The number of aromatic carboxylic acids is 1. The van der Waals surface area contributed by atoms with Crippen LogP contribution in [0.4, 0.5) is 5.69 Å². The summed E-state index contributed by atoms with van der Waals surface area (Å²) in [5.41, 5.74) is 0.395. The van der Waals surface area contributed by atoms with Gasteiger partial charge in [0.2, 0.25) is 0 Å². The van der Waals surface area contributed by atoms with Crippen LogP contribution in [0.15, 0.2) is 23.2 Å². The molecule has 0 saturated heterocycles. The molecule has 0 bridgehead atoms. The Morgan fingerprint density at radius 2 is 2.35 bits per heavy atom. The quantitative estimate of drug-likeness (QED) is 0.481. The first-order valence-corrected chi connectivity index (χ1v) is 5.70. The van der Waals surface area contributed by atoms with Gasteiger partial charge in [-0.25, -0.2) is 9.79 Å². The Labute approximate surface area is 105 Å². The van der Waals surface area contributed by atoms with Crippen molar-refractivity contribution in [3.05, 3.63) is 28.8 Å². The van der Waals surface area contributed by atoms with E-state index in [4.69, 9.17) is 21.4 Å². The molecule has 5 heteroatoms. The highest BCUT2D eigenvalue weighted by Gasteiger charge is 2.09. The van der Waals surface area contributed by atoms with Crippen LogP contribution in [0.1, 0.15) is 30.1 Å². The van der Waals surface area contributed by atoms with E-state index in [0.717, 1.165) is 12.8 Å². The molecule has 0 spiro atoms. The van der Waals surface area contributed by atoms with Gasteiger partial charge in [-0.3, -0.25) is 0 Å². The van der Waals surface area contributed by atoms with Crippen LogP contribution in [-0.2, 0) is 4.74 Å². The molecule has 0 aromatic heterocycles. The zero-order chi connectivity index (χ0) is 12.7. The predicted molar refractivity (Wildman–Crippen MR) is 67.4 cm³/mol. The Morgan fingerprint density at radius 3 is 3.00 bits per heavy atom. The van der Waals surface area contributed by atoms with E-state index in [1.54, 1.807) is 0 Å². The lowest BCUT2D eigenvalue weighted by molar-refractivity contribution is 0.0698. The highest BCUT2D eigenvalue weighted by atomic mass is 35.5. The molecule has 0 saturated carbocycles. The Hall–Kier alpha value is -1.55. The number of halogens is 1. The van der Waals surface area contributed by atoms with Gasteiger partial charge in [0.25, 0.3) is 0 Å². The number of unbranched alkanes of at least 4 members (excludes halogenated alkanes) is 1. The molecule has 0 amide bonds. The summed E-state index contributed by atoms with van der Waals surface area (Å²) in [5.74, 6) is -1.04. The van der Waals surface area contributed by atoms with Crippen molar-refractivity contribution in [1.29, 1.82) is 0 Å². The first kappa shape index (κ1) is 13.5. The Kier molecular flexibility index (Phi) is 5.49. The van der Waals surface area contributed by atoms with E-state index in [-0.39, 0.29) is 5.56 Å². The average Bonchev–Trinajstić information content (AvgIpc) is 2.28. The SMILES string of the molecule is CCCCOC=Nc1cc(Cl)ccc1C(=O)O. The van der Waals surface area contributed by atoms with Crippen molar-refractivity contribution in [2.45, 2.75) is 19.8 Å². The maximum atomic E-state index is 10.9. The number of carbonyl (C=O) groups is 1. The van der Waals surface area contributed by atoms with Gasteiger partial charge in [-0.2, -0.15) is 0 Å². The predicted octanol–water partition coefficient (Wildman–Crippen LogP) is 3.51. The highest BCUT2D eigenvalue weighted by molar-refractivity contribution is 6.31. The number of benzene rings is 1. The van der Waals surface area contributed by atoms with Crippen LogP contribution < -0.4 is 0 Å². The van der Waals surface area contributed by atoms with Gasteiger partial charge in [-0.1, -0.05) is 24.9 Å². The third-order valence-corrected chi connectivity index (χ3v) is 2.31. The van der Waals surface area contributed by atoms with Crippen LogP contribution in [-0.4, -0.2) is 24.1 Å². The molecule has 0 aliphatic carbocycles. The summed E-state index contributed by atoms with van der Waals surface area (Å²) in [5, 5.41) is 9.38. The lowest BCUT2D eigenvalue weighted by Gasteiger charge is -2.01. The zero-order valence-electron chi connectivity index (χ0n) is 9.52. The molecule has 0 radical (unpaired) electrons. The smallest absolute Gasteiger partial charge is 0.337 e. The molecule has 4 nitrogen and oxygen atoms in total. The topological polar surface area (TPSA) is 58.9 Å². The number of aliphatic imine (C=N–C) groups is 1. The van der Waals surface area contributed by atoms with E-state index in [9.17, 15) is 4.79 Å². The van der Waals surface area contributed by atoms with Crippen molar-refractivity contribution in [1.82, 2.24) is 0 Å². The molecule has 1 N–H and O–H groups in total. The van der Waals surface area contributed by atoms with Gasteiger partial charge in [-0.05, 0) is 24.6 Å². The van der Waals surface area contributed by atoms with Gasteiger partial charge >= 0.3 is 5.97 Å². The van der Waals surface area contributed by atoms with Crippen LogP contribution in [0.5, 0.6) is 0 Å². The molecule has 0 aliphatic heterocycles. The molecule has 1 aromatic carbocycles. The lowest BCUT2D eigenvalue weighted by Crippen LogP contribution is -1.97. The molecular weight excluding hydrogens is 242 g/mol. The largest absolute Gasteiger partial charge is 0.483 e. The molecule has 0 fully saturated rings. The minimum Gasteiger partial charge on any atom is -0.483 e. The number of hydrogen-bond donors (Lipinski definition) is 1. The van der Waals surface area contributed by atoms with E-state index in [2.05, 4.69) is 11.9 Å².